The summed E-state index contributed by atoms with van der Waals surface area (Å²) in [4.78, 5) is 11.3. The van der Waals surface area contributed by atoms with Crippen molar-refractivity contribution in [3.63, 3.8) is 0 Å². The lowest BCUT2D eigenvalue weighted by molar-refractivity contribution is -0.122. The second-order valence-electron chi connectivity index (χ2n) is 5.13. The quantitative estimate of drug-likeness (QED) is 0.592. The van der Waals surface area contributed by atoms with Gasteiger partial charge in [0.2, 0.25) is 5.91 Å². The summed E-state index contributed by atoms with van der Waals surface area (Å²) in [6.07, 6.45) is 6.78. The predicted molar refractivity (Wildman–Crippen MR) is 64.0 cm³/mol. The van der Waals surface area contributed by atoms with Crippen LogP contribution in [0.4, 0.5) is 0 Å². The summed E-state index contributed by atoms with van der Waals surface area (Å²) in [7, 11) is 0. The molecule has 0 heterocycles. The fraction of sp³-hybridized carbons (Fsp3) is 0.917. The van der Waals surface area contributed by atoms with E-state index in [4.69, 9.17) is 5.73 Å². The molecular formula is C12H23N3O. The van der Waals surface area contributed by atoms with Gasteiger partial charge in [-0.05, 0) is 38.5 Å². The molecule has 2 fully saturated rings. The molecule has 92 valence electrons. The normalized spacial score (nSPS) is 30.1. The number of nitrogens with one attached hydrogen (secondary N) is 2. The zero-order valence-corrected chi connectivity index (χ0v) is 9.87. The van der Waals surface area contributed by atoms with E-state index < -0.39 is 0 Å². The number of amides is 1. The van der Waals surface area contributed by atoms with E-state index >= 15 is 0 Å². The Balaban J connectivity index is 1.49. The maximum absolute atomic E-state index is 11.3. The van der Waals surface area contributed by atoms with Gasteiger partial charge in [0, 0.05) is 31.1 Å². The Morgan fingerprint density at radius 3 is 2.38 bits per heavy atom. The van der Waals surface area contributed by atoms with Crippen LogP contribution in [0.25, 0.3) is 0 Å². The third-order valence-electron chi connectivity index (χ3n) is 3.58. The summed E-state index contributed by atoms with van der Waals surface area (Å²) >= 11 is 0. The molecular weight excluding hydrogens is 202 g/mol. The van der Waals surface area contributed by atoms with Crippen molar-refractivity contribution in [1.29, 1.82) is 0 Å². The Hall–Kier alpha value is -0.610. The number of hydrogen-bond acceptors (Lipinski definition) is 3. The van der Waals surface area contributed by atoms with Gasteiger partial charge in [-0.15, -0.1) is 0 Å². The second-order valence-corrected chi connectivity index (χ2v) is 5.13. The van der Waals surface area contributed by atoms with Crippen LogP contribution in [0, 0.1) is 5.92 Å². The van der Waals surface area contributed by atoms with Crippen LogP contribution in [0.3, 0.4) is 0 Å². The highest BCUT2D eigenvalue weighted by molar-refractivity contribution is 5.80. The van der Waals surface area contributed by atoms with Crippen molar-refractivity contribution in [3.05, 3.63) is 0 Å². The van der Waals surface area contributed by atoms with Gasteiger partial charge in [0.25, 0.3) is 0 Å². The SMILES string of the molecule is NC1CCC(NCCNC(=O)C2CC2)CC1. The smallest absolute Gasteiger partial charge is 0.223 e. The minimum Gasteiger partial charge on any atom is -0.355 e. The van der Waals surface area contributed by atoms with E-state index in [-0.39, 0.29) is 5.91 Å². The van der Waals surface area contributed by atoms with Crippen LogP contribution in [0.1, 0.15) is 38.5 Å². The molecule has 0 spiro atoms. The molecule has 1 amide bonds. The Kier molecular flexibility index (Phi) is 4.18. The lowest BCUT2D eigenvalue weighted by Crippen LogP contribution is -2.41. The second kappa shape index (κ2) is 5.64. The third kappa shape index (κ3) is 3.76. The number of carbonyl (C=O) groups excluding carboxylic acids is 1. The molecule has 2 rings (SSSR count). The summed E-state index contributed by atoms with van der Waals surface area (Å²) in [5.74, 6) is 0.570. The summed E-state index contributed by atoms with van der Waals surface area (Å²) in [5, 5.41) is 6.45. The van der Waals surface area contributed by atoms with E-state index in [0.717, 1.165) is 38.8 Å². The molecule has 4 heteroatoms. The Morgan fingerprint density at radius 1 is 1.06 bits per heavy atom. The van der Waals surface area contributed by atoms with Crippen molar-refractivity contribution in [2.75, 3.05) is 13.1 Å². The largest absolute Gasteiger partial charge is 0.355 e. The van der Waals surface area contributed by atoms with Gasteiger partial charge < -0.3 is 16.4 Å². The van der Waals surface area contributed by atoms with Crippen molar-refractivity contribution in [3.8, 4) is 0 Å². The molecule has 2 saturated carbocycles. The van der Waals surface area contributed by atoms with Crippen molar-refractivity contribution >= 4 is 5.91 Å². The van der Waals surface area contributed by atoms with Crippen LogP contribution in [0.5, 0.6) is 0 Å². The number of rotatable bonds is 5. The summed E-state index contributed by atoms with van der Waals surface area (Å²) in [6, 6.07) is 1.02. The Morgan fingerprint density at radius 2 is 1.75 bits per heavy atom. The average Bonchev–Trinajstić information content (AvgIpc) is 3.10. The molecule has 0 bridgehead atoms. The summed E-state index contributed by atoms with van der Waals surface area (Å²) in [6.45, 7) is 1.65. The van der Waals surface area contributed by atoms with E-state index in [1.54, 1.807) is 0 Å². The van der Waals surface area contributed by atoms with Crippen LogP contribution >= 0.6 is 0 Å². The molecule has 2 aliphatic rings. The minimum atomic E-state index is 0.243. The molecule has 4 N–H and O–H groups in total. The summed E-state index contributed by atoms with van der Waals surface area (Å²) in [5.41, 5.74) is 5.85. The molecule has 0 aromatic rings. The fourth-order valence-electron chi connectivity index (χ4n) is 2.28. The number of hydrogen-bond donors (Lipinski definition) is 3. The fourth-order valence-corrected chi connectivity index (χ4v) is 2.28. The number of carbonyl (C=O) groups is 1. The molecule has 0 aliphatic heterocycles. The highest BCUT2D eigenvalue weighted by Gasteiger charge is 2.29. The standard InChI is InChI=1S/C12H23N3O/c13-10-3-5-11(6-4-10)14-7-8-15-12(16)9-1-2-9/h9-11,14H,1-8,13H2,(H,15,16). The molecule has 0 aromatic heterocycles. The molecule has 2 aliphatic carbocycles. The minimum absolute atomic E-state index is 0.243. The molecule has 4 nitrogen and oxygen atoms in total. The first-order valence-electron chi connectivity index (χ1n) is 6.52. The maximum atomic E-state index is 11.3. The van der Waals surface area contributed by atoms with E-state index in [1.807, 2.05) is 0 Å². The van der Waals surface area contributed by atoms with Crippen LogP contribution in [0.15, 0.2) is 0 Å². The van der Waals surface area contributed by atoms with Crippen molar-refractivity contribution in [2.24, 2.45) is 11.7 Å². The molecule has 0 aromatic carbocycles. The van der Waals surface area contributed by atoms with Gasteiger partial charge in [0.1, 0.15) is 0 Å². The first-order chi connectivity index (χ1) is 7.75. The van der Waals surface area contributed by atoms with Gasteiger partial charge in [-0.2, -0.15) is 0 Å². The molecule has 16 heavy (non-hydrogen) atoms. The van der Waals surface area contributed by atoms with E-state index in [2.05, 4.69) is 10.6 Å². The Bertz CT molecular complexity index is 232. The third-order valence-corrected chi connectivity index (χ3v) is 3.58. The zero-order chi connectivity index (χ0) is 11.4. The van der Waals surface area contributed by atoms with Crippen LogP contribution < -0.4 is 16.4 Å². The van der Waals surface area contributed by atoms with Gasteiger partial charge in [-0.25, -0.2) is 0 Å². The highest BCUT2D eigenvalue weighted by Crippen LogP contribution is 2.28. The molecule has 0 unspecified atom stereocenters. The summed E-state index contributed by atoms with van der Waals surface area (Å²) < 4.78 is 0. The van der Waals surface area contributed by atoms with Gasteiger partial charge >= 0.3 is 0 Å². The highest BCUT2D eigenvalue weighted by atomic mass is 16.2. The van der Waals surface area contributed by atoms with Gasteiger partial charge in [0.15, 0.2) is 0 Å². The van der Waals surface area contributed by atoms with Crippen molar-refractivity contribution in [2.45, 2.75) is 50.6 Å². The lowest BCUT2D eigenvalue weighted by Gasteiger charge is -2.26. The van der Waals surface area contributed by atoms with E-state index in [9.17, 15) is 4.79 Å². The molecule has 0 radical (unpaired) electrons. The number of nitrogens with two attached hydrogens (primary N) is 1. The topological polar surface area (TPSA) is 67.2 Å². The van der Waals surface area contributed by atoms with Crippen LogP contribution in [0.2, 0.25) is 0 Å². The van der Waals surface area contributed by atoms with Crippen LogP contribution in [-0.4, -0.2) is 31.1 Å². The lowest BCUT2D eigenvalue weighted by atomic mass is 9.92. The first-order valence-corrected chi connectivity index (χ1v) is 6.52. The zero-order valence-electron chi connectivity index (χ0n) is 9.87. The molecule has 0 atom stereocenters. The predicted octanol–water partition coefficient (Wildman–Crippen LogP) is 0.372. The molecule has 0 saturated heterocycles. The Labute approximate surface area is 97.3 Å². The van der Waals surface area contributed by atoms with Gasteiger partial charge in [0.05, 0.1) is 0 Å². The maximum Gasteiger partial charge on any atom is 0.223 e. The first kappa shape index (κ1) is 11.9. The van der Waals surface area contributed by atoms with Crippen molar-refractivity contribution in [1.82, 2.24) is 10.6 Å². The average molecular weight is 225 g/mol. The van der Waals surface area contributed by atoms with Crippen molar-refractivity contribution < 1.29 is 4.79 Å². The van der Waals surface area contributed by atoms with Crippen LogP contribution in [-0.2, 0) is 4.79 Å². The van der Waals surface area contributed by atoms with Gasteiger partial charge in [-0.3, -0.25) is 4.79 Å². The van der Waals surface area contributed by atoms with E-state index in [0.29, 0.717) is 18.0 Å². The monoisotopic (exact) mass is 225 g/mol. The van der Waals surface area contributed by atoms with E-state index in [1.165, 1.54) is 12.8 Å². The van der Waals surface area contributed by atoms with Gasteiger partial charge in [-0.1, -0.05) is 0 Å².